The SMILES string of the molecule is COC(=O)[C@@H]1CC[C@@H](c2ccc(OC)cc2)N1C(=O)OC(C)(C)C. The van der Waals surface area contributed by atoms with Gasteiger partial charge in [-0.25, -0.2) is 9.59 Å². The van der Waals surface area contributed by atoms with Gasteiger partial charge < -0.3 is 14.2 Å². The van der Waals surface area contributed by atoms with E-state index in [0.717, 1.165) is 11.3 Å². The highest BCUT2D eigenvalue weighted by atomic mass is 16.6. The van der Waals surface area contributed by atoms with Crippen molar-refractivity contribution < 1.29 is 23.8 Å². The Kier molecular flexibility index (Phi) is 5.36. The van der Waals surface area contributed by atoms with Crippen molar-refractivity contribution in [1.29, 1.82) is 0 Å². The number of amides is 1. The van der Waals surface area contributed by atoms with E-state index in [1.54, 1.807) is 27.9 Å². The molecule has 1 saturated heterocycles. The molecule has 2 atom stereocenters. The third-order valence-electron chi connectivity index (χ3n) is 3.96. The molecular formula is C18H25NO5. The first kappa shape index (κ1) is 18.1. The summed E-state index contributed by atoms with van der Waals surface area (Å²) >= 11 is 0. The number of hydrogen-bond donors (Lipinski definition) is 0. The van der Waals surface area contributed by atoms with E-state index in [4.69, 9.17) is 14.2 Å². The summed E-state index contributed by atoms with van der Waals surface area (Å²) in [5.74, 6) is 0.321. The van der Waals surface area contributed by atoms with Gasteiger partial charge in [0.1, 0.15) is 17.4 Å². The van der Waals surface area contributed by atoms with Crippen LogP contribution >= 0.6 is 0 Å². The van der Waals surface area contributed by atoms with Crippen LogP contribution < -0.4 is 4.74 Å². The Hall–Kier alpha value is -2.24. The molecule has 1 aromatic rings. The van der Waals surface area contributed by atoms with Gasteiger partial charge in [0.2, 0.25) is 0 Å². The van der Waals surface area contributed by atoms with Gasteiger partial charge in [0.15, 0.2) is 0 Å². The van der Waals surface area contributed by atoms with Crippen molar-refractivity contribution in [3.05, 3.63) is 29.8 Å². The summed E-state index contributed by atoms with van der Waals surface area (Å²) in [5.41, 5.74) is 0.304. The van der Waals surface area contributed by atoms with Crippen LogP contribution in [0.15, 0.2) is 24.3 Å². The van der Waals surface area contributed by atoms with Gasteiger partial charge >= 0.3 is 12.1 Å². The molecule has 1 aromatic carbocycles. The number of benzene rings is 1. The number of ether oxygens (including phenoxy) is 3. The molecule has 0 aliphatic carbocycles. The number of nitrogens with zero attached hydrogens (tertiary/aromatic N) is 1. The maximum Gasteiger partial charge on any atom is 0.411 e. The Labute approximate surface area is 142 Å². The lowest BCUT2D eigenvalue weighted by Gasteiger charge is -2.31. The fraction of sp³-hybridized carbons (Fsp3) is 0.556. The monoisotopic (exact) mass is 335 g/mol. The highest BCUT2D eigenvalue weighted by Gasteiger charge is 2.44. The molecule has 6 nitrogen and oxygen atoms in total. The van der Waals surface area contributed by atoms with Crippen molar-refractivity contribution in [3.63, 3.8) is 0 Å². The molecule has 0 spiro atoms. The van der Waals surface area contributed by atoms with Gasteiger partial charge in [0, 0.05) is 0 Å². The molecule has 1 amide bonds. The molecule has 6 heteroatoms. The summed E-state index contributed by atoms with van der Waals surface area (Å²) in [5, 5.41) is 0. The van der Waals surface area contributed by atoms with Gasteiger partial charge in [-0.2, -0.15) is 0 Å². The van der Waals surface area contributed by atoms with Crippen molar-refractivity contribution in [2.24, 2.45) is 0 Å². The third-order valence-corrected chi connectivity index (χ3v) is 3.96. The number of rotatable bonds is 3. The molecule has 1 fully saturated rings. The summed E-state index contributed by atoms with van der Waals surface area (Å²) in [6, 6.07) is 6.63. The second kappa shape index (κ2) is 7.11. The van der Waals surface area contributed by atoms with Crippen LogP contribution in [-0.2, 0) is 14.3 Å². The van der Waals surface area contributed by atoms with Crippen LogP contribution in [0.5, 0.6) is 5.75 Å². The normalized spacial score (nSPS) is 20.6. The van der Waals surface area contributed by atoms with E-state index in [9.17, 15) is 9.59 Å². The van der Waals surface area contributed by atoms with Crippen LogP contribution in [0.2, 0.25) is 0 Å². The minimum Gasteiger partial charge on any atom is -0.497 e. The van der Waals surface area contributed by atoms with Crippen molar-refractivity contribution in [2.75, 3.05) is 14.2 Å². The lowest BCUT2D eigenvalue weighted by molar-refractivity contribution is -0.146. The quantitative estimate of drug-likeness (QED) is 0.793. The number of carbonyl (C=O) groups excluding carboxylic acids is 2. The highest BCUT2D eigenvalue weighted by molar-refractivity contribution is 5.82. The van der Waals surface area contributed by atoms with Gasteiger partial charge in [-0.1, -0.05) is 12.1 Å². The van der Waals surface area contributed by atoms with E-state index in [1.807, 2.05) is 24.3 Å². The molecule has 1 aliphatic rings. The molecule has 24 heavy (non-hydrogen) atoms. The van der Waals surface area contributed by atoms with Gasteiger partial charge in [0.25, 0.3) is 0 Å². The Morgan fingerprint density at radius 2 is 1.71 bits per heavy atom. The zero-order valence-electron chi connectivity index (χ0n) is 14.9. The van der Waals surface area contributed by atoms with Gasteiger partial charge in [0.05, 0.1) is 20.3 Å². The Morgan fingerprint density at radius 1 is 1.08 bits per heavy atom. The first-order valence-electron chi connectivity index (χ1n) is 8.00. The molecule has 0 aromatic heterocycles. The molecule has 0 unspecified atom stereocenters. The van der Waals surface area contributed by atoms with E-state index in [2.05, 4.69) is 0 Å². The Balaban J connectivity index is 2.30. The van der Waals surface area contributed by atoms with Gasteiger partial charge in [-0.15, -0.1) is 0 Å². The van der Waals surface area contributed by atoms with Crippen LogP contribution in [0.4, 0.5) is 4.79 Å². The average Bonchev–Trinajstić information content (AvgIpc) is 2.97. The molecule has 1 aliphatic heterocycles. The number of likely N-dealkylation sites (tertiary alicyclic amines) is 1. The van der Waals surface area contributed by atoms with Crippen molar-refractivity contribution in [1.82, 2.24) is 4.90 Å². The summed E-state index contributed by atoms with van der Waals surface area (Å²) < 4.78 is 15.5. The summed E-state index contributed by atoms with van der Waals surface area (Å²) in [4.78, 5) is 26.2. The van der Waals surface area contributed by atoms with Crippen molar-refractivity contribution >= 4 is 12.1 Å². The Morgan fingerprint density at radius 3 is 2.21 bits per heavy atom. The number of methoxy groups -OCH3 is 2. The van der Waals surface area contributed by atoms with Crippen LogP contribution in [0, 0.1) is 0 Å². The van der Waals surface area contributed by atoms with E-state index >= 15 is 0 Å². The predicted molar refractivity (Wildman–Crippen MR) is 88.8 cm³/mol. The molecule has 0 bridgehead atoms. The summed E-state index contributed by atoms with van der Waals surface area (Å²) in [6.45, 7) is 5.41. The van der Waals surface area contributed by atoms with Crippen molar-refractivity contribution in [2.45, 2.75) is 51.3 Å². The minimum atomic E-state index is -0.634. The average molecular weight is 335 g/mol. The smallest absolute Gasteiger partial charge is 0.411 e. The predicted octanol–water partition coefficient (Wildman–Crippen LogP) is 3.31. The second-order valence-corrected chi connectivity index (χ2v) is 6.79. The van der Waals surface area contributed by atoms with E-state index < -0.39 is 23.7 Å². The first-order valence-corrected chi connectivity index (χ1v) is 8.00. The number of carbonyl (C=O) groups is 2. The zero-order valence-corrected chi connectivity index (χ0v) is 14.9. The van der Waals surface area contributed by atoms with E-state index in [0.29, 0.717) is 12.8 Å². The molecular weight excluding hydrogens is 310 g/mol. The maximum atomic E-state index is 12.7. The summed E-state index contributed by atoms with van der Waals surface area (Å²) in [6.07, 6.45) is 0.713. The fourth-order valence-corrected chi connectivity index (χ4v) is 2.90. The molecule has 132 valence electrons. The second-order valence-electron chi connectivity index (χ2n) is 6.79. The minimum absolute atomic E-state index is 0.227. The van der Waals surface area contributed by atoms with Crippen molar-refractivity contribution in [3.8, 4) is 5.75 Å². The van der Waals surface area contributed by atoms with Gasteiger partial charge in [-0.05, 0) is 51.3 Å². The largest absolute Gasteiger partial charge is 0.497 e. The van der Waals surface area contributed by atoms with Crippen LogP contribution in [-0.4, -0.2) is 42.8 Å². The number of hydrogen-bond acceptors (Lipinski definition) is 5. The maximum absolute atomic E-state index is 12.7. The first-order chi connectivity index (χ1) is 11.3. The summed E-state index contributed by atoms with van der Waals surface area (Å²) in [7, 11) is 2.93. The Bertz CT molecular complexity index is 590. The molecule has 0 saturated carbocycles. The topological polar surface area (TPSA) is 65.1 Å². The van der Waals surface area contributed by atoms with Crippen LogP contribution in [0.1, 0.15) is 45.2 Å². The lowest BCUT2D eigenvalue weighted by atomic mass is 10.0. The third kappa shape index (κ3) is 3.99. The molecule has 1 heterocycles. The molecule has 0 radical (unpaired) electrons. The molecule has 2 rings (SSSR count). The standard InChI is InChI=1S/C18H25NO5/c1-18(2,3)24-17(21)19-14(10-11-15(19)16(20)23-5)12-6-8-13(22-4)9-7-12/h6-9,14-15H,10-11H2,1-5H3/t14-,15-/m0/s1. The fourth-order valence-electron chi connectivity index (χ4n) is 2.90. The zero-order chi connectivity index (χ0) is 17.9. The van der Waals surface area contributed by atoms with E-state index in [-0.39, 0.29) is 6.04 Å². The molecule has 0 N–H and O–H groups in total. The van der Waals surface area contributed by atoms with Crippen LogP contribution in [0.25, 0.3) is 0 Å². The number of esters is 1. The van der Waals surface area contributed by atoms with Crippen LogP contribution in [0.3, 0.4) is 0 Å². The lowest BCUT2D eigenvalue weighted by Crippen LogP contribution is -2.44. The van der Waals surface area contributed by atoms with Gasteiger partial charge in [-0.3, -0.25) is 4.90 Å². The highest BCUT2D eigenvalue weighted by Crippen LogP contribution is 2.38. The van der Waals surface area contributed by atoms with E-state index in [1.165, 1.54) is 12.0 Å².